The van der Waals surface area contributed by atoms with Crippen LogP contribution < -0.4 is 5.32 Å². The van der Waals surface area contributed by atoms with Crippen LogP contribution in [0.4, 0.5) is 0 Å². The molecule has 112 valence electrons. The molecule has 19 heavy (non-hydrogen) atoms. The third kappa shape index (κ3) is 4.73. The zero-order valence-electron chi connectivity index (χ0n) is 13.2. The van der Waals surface area contributed by atoms with Gasteiger partial charge in [-0.3, -0.25) is 9.80 Å². The highest BCUT2D eigenvalue weighted by Crippen LogP contribution is 2.21. The Hall–Kier alpha value is -0.120. The lowest BCUT2D eigenvalue weighted by molar-refractivity contribution is 0.0312. The molecule has 2 rings (SSSR count). The van der Waals surface area contributed by atoms with Crippen molar-refractivity contribution in [2.75, 3.05) is 39.3 Å². The SMILES string of the molecule is CC(C)CCNCC(C)N1CCN2CCCCC2C1. The van der Waals surface area contributed by atoms with E-state index in [9.17, 15) is 0 Å². The van der Waals surface area contributed by atoms with Crippen molar-refractivity contribution in [3.63, 3.8) is 0 Å². The average Bonchev–Trinajstić information content (AvgIpc) is 2.42. The van der Waals surface area contributed by atoms with Crippen LogP contribution in [0.1, 0.15) is 46.5 Å². The van der Waals surface area contributed by atoms with Gasteiger partial charge in [0.15, 0.2) is 0 Å². The van der Waals surface area contributed by atoms with Crippen molar-refractivity contribution in [3.8, 4) is 0 Å². The fourth-order valence-electron chi connectivity index (χ4n) is 3.41. The third-order valence-corrected chi connectivity index (χ3v) is 4.83. The highest BCUT2D eigenvalue weighted by molar-refractivity contribution is 4.87. The van der Waals surface area contributed by atoms with Crippen molar-refractivity contribution >= 4 is 0 Å². The summed E-state index contributed by atoms with van der Waals surface area (Å²) in [5, 5.41) is 3.63. The maximum atomic E-state index is 3.63. The largest absolute Gasteiger partial charge is 0.315 e. The smallest absolute Gasteiger partial charge is 0.0223 e. The van der Waals surface area contributed by atoms with Gasteiger partial charge < -0.3 is 5.32 Å². The zero-order chi connectivity index (χ0) is 13.7. The summed E-state index contributed by atoms with van der Waals surface area (Å²) >= 11 is 0. The molecule has 2 saturated heterocycles. The predicted octanol–water partition coefficient (Wildman–Crippen LogP) is 2.18. The molecule has 2 unspecified atom stereocenters. The molecule has 2 aliphatic rings. The lowest BCUT2D eigenvalue weighted by Crippen LogP contribution is -2.58. The highest BCUT2D eigenvalue weighted by atomic mass is 15.3. The fraction of sp³-hybridized carbons (Fsp3) is 1.00. The average molecular weight is 267 g/mol. The number of piperidine rings is 1. The van der Waals surface area contributed by atoms with Crippen molar-refractivity contribution in [2.45, 2.75) is 58.5 Å². The van der Waals surface area contributed by atoms with E-state index >= 15 is 0 Å². The van der Waals surface area contributed by atoms with Gasteiger partial charge in [-0.25, -0.2) is 0 Å². The first-order chi connectivity index (χ1) is 9.16. The van der Waals surface area contributed by atoms with E-state index in [1.54, 1.807) is 0 Å². The lowest BCUT2D eigenvalue weighted by atomic mass is 9.99. The summed E-state index contributed by atoms with van der Waals surface area (Å²) in [7, 11) is 0. The molecule has 3 nitrogen and oxygen atoms in total. The molecule has 2 aliphatic heterocycles. The van der Waals surface area contributed by atoms with Crippen molar-refractivity contribution < 1.29 is 0 Å². The summed E-state index contributed by atoms with van der Waals surface area (Å²) < 4.78 is 0. The first kappa shape index (κ1) is 15.3. The van der Waals surface area contributed by atoms with Gasteiger partial charge in [-0.2, -0.15) is 0 Å². The van der Waals surface area contributed by atoms with Crippen LogP contribution in [0.3, 0.4) is 0 Å². The van der Waals surface area contributed by atoms with Crippen molar-refractivity contribution in [2.24, 2.45) is 5.92 Å². The molecule has 0 aliphatic carbocycles. The van der Waals surface area contributed by atoms with Crippen molar-refractivity contribution in [1.29, 1.82) is 0 Å². The molecule has 2 heterocycles. The third-order valence-electron chi connectivity index (χ3n) is 4.83. The molecular formula is C16H33N3. The molecular weight excluding hydrogens is 234 g/mol. The molecule has 0 amide bonds. The summed E-state index contributed by atoms with van der Waals surface area (Å²) in [5.74, 6) is 0.814. The Kier molecular flexibility index (Phi) is 6.11. The predicted molar refractivity (Wildman–Crippen MR) is 82.6 cm³/mol. The van der Waals surface area contributed by atoms with E-state index in [2.05, 4.69) is 35.9 Å². The van der Waals surface area contributed by atoms with E-state index in [4.69, 9.17) is 0 Å². The second-order valence-electron chi connectivity index (χ2n) is 6.92. The van der Waals surface area contributed by atoms with Gasteiger partial charge in [0.25, 0.3) is 0 Å². The van der Waals surface area contributed by atoms with Gasteiger partial charge in [0, 0.05) is 38.3 Å². The highest BCUT2D eigenvalue weighted by Gasteiger charge is 2.30. The molecule has 2 atom stereocenters. The van der Waals surface area contributed by atoms with Crippen LogP contribution >= 0.6 is 0 Å². The molecule has 0 radical (unpaired) electrons. The van der Waals surface area contributed by atoms with Gasteiger partial charge in [0.1, 0.15) is 0 Å². The van der Waals surface area contributed by atoms with E-state index in [-0.39, 0.29) is 0 Å². The molecule has 0 saturated carbocycles. The van der Waals surface area contributed by atoms with E-state index in [1.807, 2.05) is 0 Å². The Morgan fingerprint density at radius 2 is 1.95 bits per heavy atom. The van der Waals surface area contributed by atoms with Gasteiger partial charge in [-0.1, -0.05) is 20.3 Å². The molecule has 0 spiro atoms. The quantitative estimate of drug-likeness (QED) is 0.744. The number of hydrogen-bond donors (Lipinski definition) is 1. The summed E-state index contributed by atoms with van der Waals surface area (Å²) in [6.45, 7) is 14.5. The fourth-order valence-corrected chi connectivity index (χ4v) is 3.41. The summed E-state index contributed by atoms with van der Waals surface area (Å²) in [4.78, 5) is 5.42. The van der Waals surface area contributed by atoms with E-state index in [0.717, 1.165) is 18.5 Å². The first-order valence-corrected chi connectivity index (χ1v) is 8.35. The molecule has 0 bridgehead atoms. The minimum Gasteiger partial charge on any atom is -0.315 e. The monoisotopic (exact) mass is 267 g/mol. The zero-order valence-corrected chi connectivity index (χ0v) is 13.2. The van der Waals surface area contributed by atoms with Crippen LogP contribution in [0, 0.1) is 5.92 Å². The van der Waals surface area contributed by atoms with Crippen molar-refractivity contribution in [3.05, 3.63) is 0 Å². The summed E-state index contributed by atoms with van der Waals surface area (Å²) in [5.41, 5.74) is 0. The molecule has 1 N–H and O–H groups in total. The molecule has 0 aromatic rings. The van der Waals surface area contributed by atoms with E-state index < -0.39 is 0 Å². The van der Waals surface area contributed by atoms with E-state index in [0.29, 0.717) is 6.04 Å². The van der Waals surface area contributed by atoms with Gasteiger partial charge in [-0.15, -0.1) is 0 Å². The minimum absolute atomic E-state index is 0.691. The maximum absolute atomic E-state index is 3.63. The molecule has 3 heteroatoms. The van der Waals surface area contributed by atoms with Gasteiger partial charge in [0.2, 0.25) is 0 Å². The normalized spacial score (nSPS) is 27.5. The molecule has 0 aromatic heterocycles. The van der Waals surface area contributed by atoms with Crippen LogP contribution in [0.5, 0.6) is 0 Å². The van der Waals surface area contributed by atoms with Crippen LogP contribution in [-0.4, -0.2) is 61.2 Å². The standard InChI is InChI=1S/C16H33N3/c1-14(2)7-8-17-12-15(3)19-11-10-18-9-5-4-6-16(18)13-19/h14-17H,4-13H2,1-3H3. The number of fused-ring (bicyclic) bond motifs is 1. The number of piperazine rings is 1. The van der Waals surface area contributed by atoms with Gasteiger partial charge >= 0.3 is 0 Å². The van der Waals surface area contributed by atoms with Gasteiger partial charge in [-0.05, 0) is 45.2 Å². The number of nitrogens with zero attached hydrogens (tertiary/aromatic N) is 2. The van der Waals surface area contributed by atoms with Crippen LogP contribution in [0.2, 0.25) is 0 Å². The Bertz CT molecular complexity index is 254. The minimum atomic E-state index is 0.691. The Morgan fingerprint density at radius 1 is 1.11 bits per heavy atom. The van der Waals surface area contributed by atoms with Crippen LogP contribution in [0.15, 0.2) is 0 Å². The van der Waals surface area contributed by atoms with Crippen LogP contribution in [-0.2, 0) is 0 Å². The number of nitrogens with one attached hydrogen (secondary N) is 1. The van der Waals surface area contributed by atoms with Crippen molar-refractivity contribution in [1.82, 2.24) is 15.1 Å². The molecule has 0 aromatic carbocycles. The topological polar surface area (TPSA) is 18.5 Å². The summed E-state index contributed by atoms with van der Waals surface area (Å²) in [6, 6.07) is 1.54. The molecule has 2 fully saturated rings. The maximum Gasteiger partial charge on any atom is 0.0223 e. The number of hydrogen-bond acceptors (Lipinski definition) is 3. The number of rotatable bonds is 6. The lowest BCUT2D eigenvalue weighted by Gasteiger charge is -2.46. The first-order valence-electron chi connectivity index (χ1n) is 8.35. The Morgan fingerprint density at radius 3 is 2.74 bits per heavy atom. The second kappa shape index (κ2) is 7.61. The second-order valence-corrected chi connectivity index (χ2v) is 6.92. The van der Waals surface area contributed by atoms with Crippen LogP contribution in [0.25, 0.3) is 0 Å². The van der Waals surface area contributed by atoms with Gasteiger partial charge in [0.05, 0.1) is 0 Å². The summed E-state index contributed by atoms with van der Waals surface area (Å²) in [6.07, 6.45) is 5.58. The Labute approximate surface area is 119 Å². The van der Waals surface area contributed by atoms with E-state index in [1.165, 1.54) is 58.4 Å². The Balaban J connectivity index is 1.66.